The molecule has 1 unspecified atom stereocenters. The number of quaternary nitrogens is 1. The number of aliphatic imine (C=N–C) groups is 1. The van der Waals surface area contributed by atoms with E-state index in [-0.39, 0.29) is 0 Å². The van der Waals surface area contributed by atoms with Gasteiger partial charge in [0.15, 0.2) is 18.5 Å². The molecular weight excluding hydrogens is 146 g/mol. The minimum atomic E-state index is 0.930. The van der Waals surface area contributed by atoms with Crippen molar-refractivity contribution in [3.63, 3.8) is 0 Å². The predicted molar refractivity (Wildman–Crippen MR) is 45.3 cm³/mol. The van der Waals surface area contributed by atoms with Crippen LogP contribution < -0.4 is 10.2 Å². The first-order chi connectivity index (χ1) is 4.86. The zero-order valence-corrected chi connectivity index (χ0v) is 7.29. The van der Waals surface area contributed by atoms with Crippen molar-refractivity contribution in [2.24, 2.45) is 4.99 Å². The van der Waals surface area contributed by atoms with Crippen molar-refractivity contribution < 1.29 is 4.90 Å². The van der Waals surface area contributed by atoms with Crippen LogP contribution in [0.3, 0.4) is 0 Å². The summed E-state index contributed by atoms with van der Waals surface area (Å²) in [6.07, 6.45) is 2.04. The van der Waals surface area contributed by atoms with Gasteiger partial charge in [-0.1, -0.05) is 11.8 Å². The molecule has 10 heavy (non-hydrogen) atoms. The van der Waals surface area contributed by atoms with Crippen molar-refractivity contribution >= 4 is 16.9 Å². The third-order valence-electron chi connectivity index (χ3n) is 1.63. The van der Waals surface area contributed by atoms with Crippen LogP contribution in [0.5, 0.6) is 0 Å². The fourth-order valence-corrected chi connectivity index (χ4v) is 1.28. The van der Waals surface area contributed by atoms with Gasteiger partial charge in [0, 0.05) is 0 Å². The van der Waals surface area contributed by atoms with Gasteiger partial charge in [-0.15, -0.1) is 0 Å². The molecule has 2 N–H and O–H groups in total. The van der Waals surface area contributed by atoms with Crippen LogP contribution in [0.4, 0.5) is 0 Å². The highest BCUT2D eigenvalue weighted by Crippen LogP contribution is 1.93. The molecule has 3 nitrogen and oxygen atoms in total. The van der Waals surface area contributed by atoms with E-state index in [4.69, 9.17) is 0 Å². The second kappa shape index (κ2) is 3.83. The van der Waals surface area contributed by atoms with Crippen LogP contribution in [0.2, 0.25) is 0 Å². The van der Waals surface area contributed by atoms with Gasteiger partial charge in [-0.2, -0.15) is 0 Å². The van der Waals surface area contributed by atoms with Gasteiger partial charge in [-0.25, -0.2) is 4.99 Å². The minimum Gasteiger partial charge on any atom is -0.318 e. The van der Waals surface area contributed by atoms with Crippen LogP contribution in [0.1, 0.15) is 6.92 Å². The predicted octanol–water partition coefficient (Wildman–Crippen LogP) is -0.872. The van der Waals surface area contributed by atoms with Crippen LogP contribution in [0, 0.1) is 0 Å². The molecule has 1 heterocycles. The highest BCUT2D eigenvalue weighted by molar-refractivity contribution is 8.13. The maximum Gasteiger partial charge on any atom is 0.175 e. The van der Waals surface area contributed by atoms with E-state index < -0.39 is 0 Å². The molecule has 0 bridgehead atoms. The van der Waals surface area contributed by atoms with Crippen molar-refractivity contribution in [3.05, 3.63) is 0 Å². The van der Waals surface area contributed by atoms with E-state index in [2.05, 4.69) is 17.2 Å². The Bertz CT molecular complexity index is 135. The zero-order chi connectivity index (χ0) is 7.40. The molecule has 0 saturated carbocycles. The lowest BCUT2D eigenvalue weighted by Gasteiger charge is -2.21. The van der Waals surface area contributed by atoms with E-state index in [1.54, 1.807) is 11.8 Å². The molecule has 1 rings (SSSR count). The summed E-state index contributed by atoms with van der Waals surface area (Å²) in [6.45, 7) is 5.28. The lowest BCUT2D eigenvalue weighted by atomic mass is 10.6. The smallest absolute Gasteiger partial charge is 0.175 e. The van der Waals surface area contributed by atoms with Crippen molar-refractivity contribution in [2.75, 3.05) is 26.1 Å². The fraction of sp³-hybridized carbons (Fsp3) is 0.833. The van der Waals surface area contributed by atoms with E-state index in [0.29, 0.717) is 0 Å². The molecule has 0 fully saturated rings. The van der Waals surface area contributed by atoms with Crippen molar-refractivity contribution in [3.8, 4) is 0 Å². The topological polar surface area (TPSA) is 28.8 Å². The summed E-state index contributed by atoms with van der Waals surface area (Å²) in [7, 11) is 0. The molecule has 1 aliphatic rings. The Morgan fingerprint density at radius 2 is 2.60 bits per heavy atom. The fourth-order valence-electron chi connectivity index (χ4n) is 0.870. The summed E-state index contributed by atoms with van der Waals surface area (Å²) in [5, 5.41) is 4.33. The Morgan fingerprint density at radius 1 is 1.80 bits per heavy atom. The summed E-state index contributed by atoms with van der Waals surface area (Å²) in [5.41, 5.74) is 0. The normalized spacial score (nSPS) is 25.4. The maximum atomic E-state index is 4.33. The second-order valence-corrected chi connectivity index (χ2v) is 3.08. The first-order valence-electron chi connectivity index (χ1n) is 3.52. The van der Waals surface area contributed by atoms with Gasteiger partial charge in [-0.05, 0) is 13.2 Å². The summed E-state index contributed by atoms with van der Waals surface area (Å²) in [5.74, 6) is 0. The largest absolute Gasteiger partial charge is 0.318 e. The number of amidine groups is 1. The molecule has 1 atom stereocenters. The van der Waals surface area contributed by atoms with Crippen LogP contribution >= 0.6 is 11.8 Å². The van der Waals surface area contributed by atoms with Crippen LogP contribution in [-0.4, -0.2) is 31.3 Å². The van der Waals surface area contributed by atoms with Gasteiger partial charge in [0.05, 0.1) is 6.54 Å². The summed E-state index contributed by atoms with van der Waals surface area (Å²) < 4.78 is 0. The number of hydrogen-bond acceptors (Lipinski definition) is 3. The van der Waals surface area contributed by atoms with Gasteiger partial charge in [-0.3, -0.25) is 4.90 Å². The molecule has 0 aromatic heterocycles. The molecule has 0 saturated heterocycles. The van der Waals surface area contributed by atoms with E-state index in [1.807, 2.05) is 6.26 Å². The number of nitrogens with zero attached hydrogens (tertiary/aromatic N) is 1. The lowest BCUT2D eigenvalue weighted by molar-refractivity contribution is -0.900. The molecule has 0 radical (unpaired) electrons. The van der Waals surface area contributed by atoms with Gasteiger partial charge in [0.2, 0.25) is 0 Å². The minimum absolute atomic E-state index is 0.930. The average Bonchev–Trinajstić information content (AvgIpc) is 2.05. The monoisotopic (exact) mass is 160 g/mol. The third kappa shape index (κ3) is 1.88. The summed E-state index contributed by atoms with van der Waals surface area (Å²) >= 11 is 1.68. The molecule has 58 valence electrons. The molecule has 0 aliphatic carbocycles. The molecule has 0 aromatic carbocycles. The molecule has 4 heteroatoms. The zero-order valence-electron chi connectivity index (χ0n) is 6.48. The van der Waals surface area contributed by atoms with Gasteiger partial charge < -0.3 is 5.32 Å². The highest BCUT2D eigenvalue weighted by Gasteiger charge is 2.10. The van der Waals surface area contributed by atoms with Gasteiger partial charge in [0.25, 0.3) is 0 Å². The van der Waals surface area contributed by atoms with Crippen molar-refractivity contribution in [1.29, 1.82) is 0 Å². The van der Waals surface area contributed by atoms with Gasteiger partial charge >= 0.3 is 0 Å². The Kier molecular flexibility index (Phi) is 3.02. The first kappa shape index (κ1) is 7.88. The molecular formula is C6H14N3S+. The van der Waals surface area contributed by atoms with Crippen molar-refractivity contribution in [1.82, 2.24) is 5.32 Å². The van der Waals surface area contributed by atoms with E-state index in [9.17, 15) is 0 Å². The summed E-state index contributed by atoms with van der Waals surface area (Å²) in [4.78, 5) is 5.83. The molecule has 0 aromatic rings. The molecule has 0 spiro atoms. The number of rotatable bonds is 1. The molecule has 1 aliphatic heterocycles. The van der Waals surface area contributed by atoms with E-state index in [0.717, 1.165) is 25.0 Å². The molecule has 0 amide bonds. The van der Waals surface area contributed by atoms with E-state index in [1.165, 1.54) is 4.90 Å². The maximum absolute atomic E-state index is 4.33. The number of hydrogen-bond donors (Lipinski definition) is 2. The Balaban J connectivity index is 2.36. The van der Waals surface area contributed by atoms with Crippen LogP contribution in [0.25, 0.3) is 0 Å². The van der Waals surface area contributed by atoms with Crippen molar-refractivity contribution in [2.45, 2.75) is 6.92 Å². The van der Waals surface area contributed by atoms with E-state index >= 15 is 0 Å². The second-order valence-electron chi connectivity index (χ2n) is 2.28. The standard InChI is InChI=1S/C6H13N3S/c1-3-9-4-7-6(10-2)8-5-9/h3-5H2,1-2H3,(H,7,8)/p+1. The quantitative estimate of drug-likeness (QED) is 0.522. The average molecular weight is 160 g/mol. The third-order valence-corrected chi connectivity index (χ3v) is 2.29. The Hall–Kier alpha value is -0.220. The highest BCUT2D eigenvalue weighted by atomic mass is 32.2. The summed E-state index contributed by atoms with van der Waals surface area (Å²) in [6, 6.07) is 0. The Morgan fingerprint density at radius 3 is 3.00 bits per heavy atom. The Labute approximate surface area is 65.9 Å². The number of nitrogens with one attached hydrogen (secondary N) is 2. The SMILES string of the molecule is CC[NH+]1CN=C(SC)NC1. The van der Waals surface area contributed by atoms with Crippen LogP contribution in [0.15, 0.2) is 4.99 Å². The lowest BCUT2D eigenvalue weighted by Crippen LogP contribution is -3.14. The first-order valence-corrected chi connectivity index (χ1v) is 4.75. The number of thioether (sulfide) groups is 1. The van der Waals surface area contributed by atoms with Crippen LogP contribution in [-0.2, 0) is 0 Å². The van der Waals surface area contributed by atoms with Gasteiger partial charge in [0.1, 0.15) is 0 Å².